The highest BCUT2D eigenvalue weighted by Crippen LogP contribution is 2.31. The largest absolute Gasteiger partial charge is 0.507 e. The van der Waals surface area contributed by atoms with Crippen molar-refractivity contribution in [2.24, 2.45) is 13.0 Å². The second-order valence-electron chi connectivity index (χ2n) is 10.9. The number of hydrogen-bond acceptors (Lipinski definition) is 5. The number of phenols is 1. The van der Waals surface area contributed by atoms with E-state index in [-0.39, 0.29) is 36.1 Å². The van der Waals surface area contributed by atoms with Crippen LogP contribution in [0.2, 0.25) is 0 Å². The number of carbonyl (C=O) groups is 3. The third kappa shape index (κ3) is 7.71. The van der Waals surface area contributed by atoms with Crippen LogP contribution in [-0.4, -0.2) is 63.7 Å². The van der Waals surface area contributed by atoms with E-state index in [1.807, 2.05) is 6.07 Å². The van der Waals surface area contributed by atoms with Gasteiger partial charge < -0.3 is 20.6 Å². The lowest BCUT2D eigenvalue weighted by Gasteiger charge is -2.23. The fraction of sp³-hybridized carbons (Fsp3) is 0.419. The molecule has 2 aromatic carbocycles. The lowest BCUT2D eigenvalue weighted by Crippen LogP contribution is -2.37. The van der Waals surface area contributed by atoms with Crippen LogP contribution in [0.3, 0.4) is 0 Å². The summed E-state index contributed by atoms with van der Waals surface area (Å²) >= 11 is 0. The first-order valence-corrected chi connectivity index (χ1v) is 14.1. The number of carbonyl (C=O) groups excluding carboxylic acids is 3. The van der Waals surface area contributed by atoms with E-state index in [9.17, 15) is 23.9 Å². The molecule has 3 aromatic rings. The molecule has 4 rings (SSSR count). The Kier molecular flexibility index (Phi) is 9.75. The Bertz CT molecular complexity index is 1420. The molecule has 4 bridgehead atoms. The monoisotopic (exact) mass is 563 g/mol. The van der Waals surface area contributed by atoms with Gasteiger partial charge in [-0.25, -0.2) is 4.39 Å². The summed E-state index contributed by atoms with van der Waals surface area (Å²) in [6.07, 6.45) is 2.45. The first-order chi connectivity index (χ1) is 19.6. The maximum Gasteiger partial charge on any atom is 0.272 e. The molecule has 0 spiro atoms. The summed E-state index contributed by atoms with van der Waals surface area (Å²) < 4.78 is 16.2. The SMILES string of the molecule is CC(C)Cc1cc(C(=O)N2CCCNC(=O)c3cc(ccc3F)-c3cc(ccc3O)CCNC(=O)CCC2)n(C)n1. The van der Waals surface area contributed by atoms with Gasteiger partial charge in [-0.2, -0.15) is 5.10 Å². The average Bonchev–Trinajstić information content (AvgIpc) is 3.29. The zero-order chi connectivity index (χ0) is 29.5. The predicted octanol–water partition coefficient (Wildman–Crippen LogP) is 3.85. The summed E-state index contributed by atoms with van der Waals surface area (Å²) in [5, 5.41) is 20.6. The molecule has 0 unspecified atom stereocenters. The Morgan fingerprint density at radius 3 is 2.56 bits per heavy atom. The number of hydrogen-bond donors (Lipinski definition) is 3. The van der Waals surface area contributed by atoms with Gasteiger partial charge in [0.1, 0.15) is 17.3 Å². The summed E-state index contributed by atoms with van der Waals surface area (Å²) in [5.41, 5.74) is 3.03. The molecule has 0 saturated heterocycles. The Labute approximate surface area is 239 Å². The lowest BCUT2D eigenvalue weighted by atomic mass is 9.98. The van der Waals surface area contributed by atoms with E-state index in [1.165, 1.54) is 18.2 Å². The third-order valence-electron chi connectivity index (χ3n) is 7.10. The normalized spacial score (nSPS) is 15.5. The van der Waals surface area contributed by atoms with Crippen molar-refractivity contribution in [1.82, 2.24) is 25.3 Å². The van der Waals surface area contributed by atoms with Crippen LogP contribution < -0.4 is 10.6 Å². The number of halogens is 1. The molecule has 1 aliphatic heterocycles. The minimum atomic E-state index is -0.666. The average molecular weight is 564 g/mol. The van der Waals surface area contributed by atoms with Gasteiger partial charge in [0.25, 0.3) is 11.8 Å². The van der Waals surface area contributed by atoms with E-state index < -0.39 is 11.7 Å². The second kappa shape index (κ2) is 13.4. The Morgan fingerprint density at radius 1 is 1.00 bits per heavy atom. The highest BCUT2D eigenvalue weighted by atomic mass is 19.1. The second-order valence-corrected chi connectivity index (χ2v) is 10.9. The van der Waals surface area contributed by atoms with Gasteiger partial charge in [0.15, 0.2) is 0 Å². The number of aromatic nitrogens is 2. The molecule has 41 heavy (non-hydrogen) atoms. The highest BCUT2D eigenvalue weighted by molar-refractivity contribution is 5.96. The molecule has 2 heterocycles. The smallest absolute Gasteiger partial charge is 0.272 e. The van der Waals surface area contributed by atoms with Crippen LogP contribution in [0.5, 0.6) is 5.75 Å². The van der Waals surface area contributed by atoms with Gasteiger partial charge >= 0.3 is 0 Å². The zero-order valence-corrected chi connectivity index (χ0v) is 23.9. The van der Waals surface area contributed by atoms with Gasteiger partial charge in [0, 0.05) is 45.2 Å². The highest BCUT2D eigenvalue weighted by Gasteiger charge is 2.21. The van der Waals surface area contributed by atoms with Gasteiger partial charge in [-0.3, -0.25) is 19.1 Å². The topological polar surface area (TPSA) is 117 Å². The fourth-order valence-corrected chi connectivity index (χ4v) is 4.99. The van der Waals surface area contributed by atoms with Crippen molar-refractivity contribution in [1.29, 1.82) is 0 Å². The van der Waals surface area contributed by atoms with Crippen LogP contribution in [0.15, 0.2) is 42.5 Å². The van der Waals surface area contributed by atoms with Crippen LogP contribution in [0, 0.1) is 11.7 Å². The van der Waals surface area contributed by atoms with E-state index in [0.29, 0.717) is 61.6 Å². The van der Waals surface area contributed by atoms with Crippen LogP contribution in [0.1, 0.15) is 65.2 Å². The molecule has 0 fully saturated rings. The van der Waals surface area contributed by atoms with Crippen molar-refractivity contribution in [3.8, 4) is 16.9 Å². The van der Waals surface area contributed by atoms with E-state index in [2.05, 4.69) is 29.6 Å². The van der Waals surface area contributed by atoms with E-state index in [4.69, 9.17) is 0 Å². The van der Waals surface area contributed by atoms with Crippen LogP contribution in [0.4, 0.5) is 4.39 Å². The predicted molar refractivity (Wildman–Crippen MR) is 154 cm³/mol. The van der Waals surface area contributed by atoms with Crippen molar-refractivity contribution in [3.63, 3.8) is 0 Å². The summed E-state index contributed by atoms with van der Waals surface area (Å²) in [6.45, 7) is 5.51. The molecule has 9 nitrogen and oxygen atoms in total. The van der Waals surface area contributed by atoms with Gasteiger partial charge in [-0.05, 0) is 73.1 Å². The van der Waals surface area contributed by atoms with Gasteiger partial charge in [-0.1, -0.05) is 26.0 Å². The van der Waals surface area contributed by atoms with Crippen molar-refractivity contribution in [2.75, 3.05) is 26.2 Å². The van der Waals surface area contributed by atoms with Gasteiger partial charge in [0.2, 0.25) is 5.91 Å². The van der Waals surface area contributed by atoms with Crippen LogP contribution in [-0.2, 0) is 24.7 Å². The van der Waals surface area contributed by atoms with Crippen molar-refractivity contribution < 1.29 is 23.9 Å². The minimum Gasteiger partial charge on any atom is -0.507 e. The Morgan fingerprint density at radius 2 is 1.78 bits per heavy atom. The number of benzene rings is 2. The van der Waals surface area contributed by atoms with Crippen molar-refractivity contribution in [2.45, 2.75) is 46.0 Å². The standard InChI is InChI=1S/C31H38FN5O4/c1-20(2)16-23-19-27(36(3)35-23)31(41)37-14-4-6-29(39)33-13-11-21-7-10-28(38)24(17-21)22-8-9-26(32)25(18-22)30(40)34-12-5-15-37/h7-10,17-20,38H,4-6,11-16H2,1-3H3,(H,33,39)(H,34,40). The zero-order valence-electron chi connectivity index (χ0n) is 23.9. The number of rotatable bonds is 3. The van der Waals surface area contributed by atoms with Gasteiger partial charge in [0.05, 0.1) is 11.3 Å². The maximum atomic E-state index is 14.7. The van der Waals surface area contributed by atoms with E-state index in [0.717, 1.165) is 17.7 Å². The number of nitrogens with zero attached hydrogens (tertiary/aromatic N) is 3. The summed E-state index contributed by atoms with van der Waals surface area (Å²) in [6, 6.07) is 11.1. The summed E-state index contributed by atoms with van der Waals surface area (Å²) in [5.74, 6) is -1.13. The van der Waals surface area contributed by atoms with Crippen LogP contribution in [0.25, 0.3) is 11.1 Å². The minimum absolute atomic E-state index is 0.0103. The summed E-state index contributed by atoms with van der Waals surface area (Å²) in [4.78, 5) is 40.6. The molecule has 0 radical (unpaired) electrons. The van der Waals surface area contributed by atoms with E-state index >= 15 is 0 Å². The Hall–Kier alpha value is -4.21. The maximum absolute atomic E-state index is 14.7. The lowest BCUT2D eigenvalue weighted by molar-refractivity contribution is -0.121. The molecule has 3 amide bonds. The quantitative estimate of drug-likeness (QED) is 0.448. The molecule has 0 atom stereocenters. The third-order valence-corrected chi connectivity index (χ3v) is 7.10. The molecule has 0 saturated carbocycles. The molecule has 10 heteroatoms. The van der Waals surface area contributed by atoms with E-state index in [1.54, 1.807) is 34.8 Å². The summed E-state index contributed by atoms with van der Waals surface area (Å²) in [7, 11) is 1.74. The number of aromatic hydroxyl groups is 1. The number of fused-ring (bicyclic) bond motifs is 5. The number of aryl methyl sites for hydroxylation is 1. The number of amides is 3. The molecular weight excluding hydrogens is 525 g/mol. The molecule has 1 aromatic heterocycles. The van der Waals surface area contributed by atoms with Crippen LogP contribution >= 0.6 is 0 Å². The van der Waals surface area contributed by atoms with Crippen molar-refractivity contribution >= 4 is 17.7 Å². The van der Waals surface area contributed by atoms with Crippen molar-refractivity contribution in [3.05, 3.63) is 70.8 Å². The van der Waals surface area contributed by atoms with Gasteiger partial charge in [-0.15, -0.1) is 0 Å². The first-order valence-electron chi connectivity index (χ1n) is 14.1. The number of nitrogens with one attached hydrogen (secondary N) is 2. The molecular formula is C31H38FN5O4. The fourth-order valence-electron chi connectivity index (χ4n) is 4.99. The molecule has 1 aliphatic rings. The first kappa shape index (κ1) is 29.8. The Balaban J connectivity index is 1.55. The number of phenolic OH excluding ortho intramolecular Hbond substituents is 1. The molecule has 3 N–H and O–H groups in total. The molecule has 218 valence electrons. The molecule has 0 aliphatic carbocycles.